The van der Waals surface area contributed by atoms with Crippen LogP contribution in [-0.2, 0) is 11.8 Å². The zero-order valence-corrected chi connectivity index (χ0v) is 9.23. The molecule has 1 aromatic heterocycles. The molecule has 2 N–H and O–H groups in total. The molecule has 0 radical (unpaired) electrons. The third-order valence-electron chi connectivity index (χ3n) is 2.63. The number of nitrogens with zero attached hydrogens (tertiary/aromatic N) is 2. The first-order valence-corrected chi connectivity index (χ1v) is 5.27. The maximum Gasteiger partial charge on any atom is 0.115 e. The normalized spacial score (nSPS) is 18.2. The van der Waals surface area contributed by atoms with Gasteiger partial charge in [-0.05, 0) is 31.9 Å². The van der Waals surface area contributed by atoms with Gasteiger partial charge in [0.2, 0.25) is 0 Å². The number of aromatic nitrogens is 2. The number of ether oxygens (including phenoxy) is 1. The molecule has 1 aliphatic heterocycles. The van der Waals surface area contributed by atoms with Crippen LogP contribution in [-0.4, -0.2) is 16.4 Å². The van der Waals surface area contributed by atoms with Crippen molar-refractivity contribution < 1.29 is 4.74 Å². The van der Waals surface area contributed by atoms with Crippen molar-refractivity contribution in [2.75, 3.05) is 6.61 Å². The summed E-state index contributed by atoms with van der Waals surface area (Å²) in [5, 5.41) is 4.28. The number of hydrogen-bond donors (Lipinski definition) is 1. The van der Waals surface area contributed by atoms with Crippen LogP contribution in [0, 0.1) is 6.92 Å². The maximum absolute atomic E-state index is 6.13. The van der Waals surface area contributed by atoms with Crippen molar-refractivity contribution in [2.24, 2.45) is 12.8 Å². The lowest BCUT2D eigenvalue weighted by Gasteiger charge is -2.20. The van der Waals surface area contributed by atoms with E-state index in [4.69, 9.17) is 10.5 Å². The van der Waals surface area contributed by atoms with Crippen molar-refractivity contribution in [3.63, 3.8) is 0 Å². The monoisotopic (exact) mass is 207 g/mol. The second-order valence-electron chi connectivity index (χ2n) is 3.91. The molecule has 0 amide bonds. The van der Waals surface area contributed by atoms with Gasteiger partial charge in [-0.2, -0.15) is 5.10 Å². The van der Waals surface area contributed by atoms with Crippen LogP contribution in [0.5, 0.6) is 0 Å². The van der Waals surface area contributed by atoms with Crippen LogP contribution in [0.15, 0.2) is 17.9 Å². The zero-order valence-electron chi connectivity index (χ0n) is 9.23. The molecular weight excluding hydrogens is 190 g/mol. The smallest absolute Gasteiger partial charge is 0.115 e. The average Bonchev–Trinajstić information content (AvgIpc) is 2.58. The Morgan fingerprint density at radius 2 is 2.40 bits per heavy atom. The molecule has 1 aromatic rings. The van der Waals surface area contributed by atoms with Gasteiger partial charge in [-0.3, -0.25) is 4.68 Å². The Morgan fingerprint density at radius 3 is 2.93 bits per heavy atom. The highest BCUT2D eigenvalue weighted by atomic mass is 16.5. The first kappa shape index (κ1) is 10.2. The fourth-order valence-corrected chi connectivity index (χ4v) is 1.86. The lowest BCUT2D eigenvalue weighted by atomic mass is 10.1. The van der Waals surface area contributed by atoms with Gasteiger partial charge in [-0.15, -0.1) is 0 Å². The van der Waals surface area contributed by atoms with Gasteiger partial charge in [0.1, 0.15) is 11.8 Å². The molecule has 0 aromatic carbocycles. The number of nitrogens with two attached hydrogens (primary N) is 1. The first-order chi connectivity index (χ1) is 7.18. The van der Waals surface area contributed by atoms with Crippen molar-refractivity contribution in [3.8, 4) is 0 Å². The predicted molar refractivity (Wildman–Crippen MR) is 58.1 cm³/mol. The molecule has 0 fully saturated rings. The van der Waals surface area contributed by atoms with Crippen LogP contribution in [0.25, 0.3) is 0 Å². The Labute approximate surface area is 89.7 Å². The van der Waals surface area contributed by atoms with E-state index in [9.17, 15) is 0 Å². The van der Waals surface area contributed by atoms with Crippen LogP contribution in [0.1, 0.15) is 30.3 Å². The largest absolute Gasteiger partial charge is 0.496 e. The van der Waals surface area contributed by atoms with Crippen LogP contribution < -0.4 is 5.73 Å². The van der Waals surface area contributed by atoms with Gasteiger partial charge < -0.3 is 10.5 Å². The summed E-state index contributed by atoms with van der Waals surface area (Å²) < 4.78 is 7.37. The first-order valence-electron chi connectivity index (χ1n) is 5.27. The SMILES string of the molecule is Cc1cc(C(N)C2=CCCCO2)n(C)n1. The number of hydrogen-bond acceptors (Lipinski definition) is 3. The van der Waals surface area contributed by atoms with Crippen molar-refractivity contribution >= 4 is 0 Å². The molecule has 0 saturated heterocycles. The minimum atomic E-state index is -0.184. The Kier molecular flexibility index (Phi) is 2.77. The molecule has 2 rings (SSSR count). The quantitative estimate of drug-likeness (QED) is 0.798. The molecular formula is C11H17N3O. The predicted octanol–water partition coefficient (Wildman–Crippen LogP) is 1.42. The summed E-state index contributed by atoms with van der Waals surface area (Å²) in [6, 6.07) is 1.82. The molecule has 1 aliphatic rings. The van der Waals surface area contributed by atoms with Gasteiger partial charge in [0.05, 0.1) is 18.0 Å². The molecule has 4 heteroatoms. The molecule has 82 valence electrons. The van der Waals surface area contributed by atoms with Gasteiger partial charge in [0.25, 0.3) is 0 Å². The van der Waals surface area contributed by atoms with E-state index in [0.29, 0.717) is 0 Å². The highest BCUT2D eigenvalue weighted by Gasteiger charge is 2.18. The van der Waals surface area contributed by atoms with Gasteiger partial charge >= 0.3 is 0 Å². The molecule has 2 heterocycles. The summed E-state index contributed by atoms with van der Waals surface area (Å²) in [7, 11) is 1.91. The van der Waals surface area contributed by atoms with E-state index in [-0.39, 0.29) is 6.04 Å². The van der Waals surface area contributed by atoms with E-state index >= 15 is 0 Å². The van der Waals surface area contributed by atoms with E-state index in [1.165, 1.54) is 0 Å². The van der Waals surface area contributed by atoms with Crippen LogP contribution in [0.4, 0.5) is 0 Å². The summed E-state index contributed by atoms with van der Waals surface area (Å²) in [6.07, 6.45) is 4.22. The minimum absolute atomic E-state index is 0.184. The Hall–Kier alpha value is -1.29. The van der Waals surface area contributed by atoms with E-state index in [0.717, 1.165) is 36.6 Å². The Balaban J connectivity index is 2.23. The van der Waals surface area contributed by atoms with Crippen LogP contribution in [0.2, 0.25) is 0 Å². The average molecular weight is 207 g/mol. The van der Waals surface area contributed by atoms with Crippen molar-refractivity contribution in [1.29, 1.82) is 0 Å². The number of aryl methyl sites for hydroxylation is 2. The standard InChI is InChI=1S/C11H17N3O/c1-8-7-9(14(2)13-8)11(12)10-5-3-4-6-15-10/h5,7,11H,3-4,6,12H2,1-2H3. The molecule has 15 heavy (non-hydrogen) atoms. The molecule has 0 bridgehead atoms. The molecule has 0 spiro atoms. The summed E-state index contributed by atoms with van der Waals surface area (Å²) in [5.74, 6) is 0.879. The van der Waals surface area contributed by atoms with Gasteiger partial charge in [-0.1, -0.05) is 0 Å². The lowest BCUT2D eigenvalue weighted by molar-refractivity contribution is 0.174. The third-order valence-corrected chi connectivity index (χ3v) is 2.63. The fraction of sp³-hybridized carbons (Fsp3) is 0.545. The fourth-order valence-electron chi connectivity index (χ4n) is 1.86. The van der Waals surface area contributed by atoms with Gasteiger partial charge in [0.15, 0.2) is 0 Å². The highest BCUT2D eigenvalue weighted by Crippen LogP contribution is 2.23. The second kappa shape index (κ2) is 4.06. The summed E-state index contributed by atoms with van der Waals surface area (Å²) in [4.78, 5) is 0. The summed E-state index contributed by atoms with van der Waals surface area (Å²) in [6.45, 7) is 2.74. The number of rotatable bonds is 2. The Morgan fingerprint density at radius 1 is 1.60 bits per heavy atom. The molecule has 1 unspecified atom stereocenters. The Bertz CT molecular complexity index is 381. The molecule has 0 saturated carbocycles. The van der Waals surface area contributed by atoms with E-state index in [2.05, 4.69) is 11.2 Å². The van der Waals surface area contributed by atoms with E-state index < -0.39 is 0 Å². The summed E-state index contributed by atoms with van der Waals surface area (Å²) >= 11 is 0. The van der Waals surface area contributed by atoms with E-state index in [1.54, 1.807) is 0 Å². The molecule has 4 nitrogen and oxygen atoms in total. The topological polar surface area (TPSA) is 53.1 Å². The summed E-state index contributed by atoms with van der Waals surface area (Å²) in [5.41, 5.74) is 8.12. The molecule has 1 atom stereocenters. The van der Waals surface area contributed by atoms with Gasteiger partial charge in [-0.25, -0.2) is 0 Å². The van der Waals surface area contributed by atoms with Crippen LogP contribution >= 0.6 is 0 Å². The second-order valence-corrected chi connectivity index (χ2v) is 3.91. The minimum Gasteiger partial charge on any atom is -0.496 e. The van der Waals surface area contributed by atoms with Gasteiger partial charge in [0, 0.05) is 7.05 Å². The maximum atomic E-state index is 6.13. The van der Waals surface area contributed by atoms with Crippen LogP contribution in [0.3, 0.4) is 0 Å². The highest BCUT2D eigenvalue weighted by molar-refractivity contribution is 5.21. The molecule has 0 aliphatic carbocycles. The third kappa shape index (κ3) is 2.04. The van der Waals surface area contributed by atoms with Crippen molar-refractivity contribution in [2.45, 2.75) is 25.8 Å². The lowest BCUT2D eigenvalue weighted by Crippen LogP contribution is -2.20. The number of allylic oxidation sites excluding steroid dienone is 1. The zero-order chi connectivity index (χ0) is 10.8. The van der Waals surface area contributed by atoms with Crippen molar-refractivity contribution in [1.82, 2.24) is 9.78 Å². The van der Waals surface area contributed by atoms with E-state index in [1.807, 2.05) is 24.7 Å². The van der Waals surface area contributed by atoms with Crippen molar-refractivity contribution in [3.05, 3.63) is 29.3 Å².